The summed E-state index contributed by atoms with van der Waals surface area (Å²) in [6, 6.07) is 0. The molecule has 70 valence electrons. The predicted molar refractivity (Wildman–Crippen MR) is 53.4 cm³/mol. The van der Waals surface area contributed by atoms with Gasteiger partial charge in [0.1, 0.15) is 0 Å². The monoisotopic (exact) mass is 263 g/mol. The van der Waals surface area contributed by atoms with Crippen LogP contribution in [0.4, 0.5) is 0 Å². The second kappa shape index (κ2) is 3.55. The molecule has 0 N–H and O–H groups in total. The number of carbonyl (C=O) groups is 1. The Hall–Kier alpha value is -0.750. The number of rotatable bonds is 1. The van der Waals surface area contributed by atoms with Crippen molar-refractivity contribution in [3.63, 3.8) is 0 Å². The highest BCUT2D eigenvalue weighted by Crippen LogP contribution is 2.12. The lowest BCUT2D eigenvalue weighted by Crippen LogP contribution is -2.05. The second-order valence-electron chi connectivity index (χ2n) is 2.44. The van der Waals surface area contributed by atoms with Crippen LogP contribution in [0.2, 0.25) is 0 Å². The largest absolute Gasteiger partial charge is 0.289 e. The van der Waals surface area contributed by atoms with Gasteiger partial charge in [0.05, 0.1) is 16.4 Å². The van der Waals surface area contributed by atoms with E-state index in [4.69, 9.17) is 0 Å². The smallest absolute Gasteiger partial charge is 0.250 e. The van der Waals surface area contributed by atoms with E-state index >= 15 is 0 Å². The summed E-state index contributed by atoms with van der Waals surface area (Å²) in [6.45, 7) is 0. The molecule has 4 nitrogen and oxygen atoms in total. The molecule has 0 spiro atoms. The first kappa shape index (κ1) is 10.3. The summed E-state index contributed by atoms with van der Waals surface area (Å²) in [5, 5.41) is 0. The Morgan fingerprint density at radius 1 is 1.38 bits per heavy atom. The molecule has 0 amide bonds. The summed E-state index contributed by atoms with van der Waals surface area (Å²) in [4.78, 5) is 10.9. The fourth-order valence-corrected chi connectivity index (χ4v) is 1.60. The van der Waals surface area contributed by atoms with Crippen molar-refractivity contribution in [1.82, 2.24) is 0 Å². The van der Waals surface area contributed by atoms with Crippen LogP contribution >= 0.6 is 15.9 Å². The molecule has 0 aromatic heterocycles. The molecule has 0 saturated heterocycles. The van der Waals surface area contributed by atoms with Crippen molar-refractivity contribution in [3.05, 3.63) is 22.7 Å². The van der Waals surface area contributed by atoms with Crippen LogP contribution < -0.4 is 0 Å². The third-order valence-electron chi connectivity index (χ3n) is 1.19. The third kappa shape index (κ3) is 3.23. The molecule has 0 bridgehead atoms. The quantitative estimate of drug-likeness (QED) is 0.658. The molecule has 0 aliphatic heterocycles. The number of ketones is 1. The van der Waals surface area contributed by atoms with E-state index in [0.29, 0.717) is 4.48 Å². The average molecular weight is 264 g/mol. The number of hydrogen-bond donors (Lipinski definition) is 0. The standard InChI is InChI=1S/C7H6BrNO3S/c1-13(11,12)9-5-2-3-7(10)6(8)4-5/h2-4H,1H3/b9-5-. The van der Waals surface area contributed by atoms with Crippen molar-refractivity contribution < 1.29 is 13.2 Å². The molecule has 6 heteroatoms. The van der Waals surface area contributed by atoms with E-state index in [1.165, 1.54) is 18.2 Å². The second-order valence-corrected chi connectivity index (χ2v) is 4.94. The molecule has 1 aliphatic rings. The first-order chi connectivity index (χ1) is 5.88. The highest BCUT2D eigenvalue weighted by molar-refractivity contribution is 9.12. The van der Waals surface area contributed by atoms with Crippen LogP contribution in [-0.4, -0.2) is 26.2 Å². The van der Waals surface area contributed by atoms with Crippen LogP contribution in [0.25, 0.3) is 0 Å². The van der Waals surface area contributed by atoms with Crippen LogP contribution in [0.3, 0.4) is 0 Å². The van der Waals surface area contributed by atoms with Gasteiger partial charge in [-0.15, -0.1) is 0 Å². The van der Waals surface area contributed by atoms with Crippen molar-refractivity contribution in [2.75, 3.05) is 6.26 Å². The molecule has 0 aromatic carbocycles. The van der Waals surface area contributed by atoms with E-state index in [-0.39, 0.29) is 11.5 Å². The molecule has 0 saturated carbocycles. The summed E-state index contributed by atoms with van der Waals surface area (Å²) in [7, 11) is -3.40. The van der Waals surface area contributed by atoms with Crippen molar-refractivity contribution in [1.29, 1.82) is 0 Å². The summed E-state index contributed by atoms with van der Waals surface area (Å²) in [5.41, 5.74) is 0.244. The van der Waals surface area contributed by atoms with Gasteiger partial charge in [0.2, 0.25) is 0 Å². The van der Waals surface area contributed by atoms with Gasteiger partial charge in [-0.3, -0.25) is 4.79 Å². The number of nitrogens with zero attached hydrogens (tertiary/aromatic N) is 1. The number of carbonyl (C=O) groups excluding carboxylic acids is 1. The van der Waals surface area contributed by atoms with Crippen LogP contribution in [0.1, 0.15) is 0 Å². The molecule has 0 aromatic rings. The van der Waals surface area contributed by atoms with Gasteiger partial charge in [0.25, 0.3) is 10.0 Å². The Balaban J connectivity index is 3.07. The minimum absolute atomic E-state index is 0.201. The van der Waals surface area contributed by atoms with Gasteiger partial charge in [0.15, 0.2) is 5.78 Å². The lowest BCUT2D eigenvalue weighted by atomic mass is 10.2. The summed E-state index contributed by atoms with van der Waals surface area (Å²) in [5.74, 6) is -0.201. The van der Waals surface area contributed by atoms with Crippen molar-refractivity contribution in [2.24, 2.45) is 4.40 Å². The number of halogens is 1. The van der Waals surface area contributed by atoms with E-state index in [1.807, 2.05) is 0 Å². The molecule has 0 radical (unpaired) electrons. The maximum atomic E-state index is 10.9. The number of sulfonamides is 1. The van der Waals surface area contributed by atoms with E-state index in [1.54, 1.807) is 0 Å². The fourth-order valence-electron chi connectivity index (χ4n) is 0.738. The maximum absolute atomic E-state index is 10.9. The summed E-state index contributed by atoms with van der Waals surface area (Å²) >= 11 is 2.99. The highest BCUT2D eigenvalue weighted by Gasteiger charge is 2.10. The Labute approximate surface area is 84.2 Å². The van der Waals surface area contributed by atoms with E-state index in [9.17, 15) is 13.2 Å². The molecule has 0 unspecified atom stereocenters. The highest BCUT2D eigenvalue weighted by atomic mass is 79.9. The van der Waals surface area contributed by atoms with E-state index in [0.717, 1.165) is 6.26 Å². The van der Waals surface area contributed by atoms with Crippen molar-refractivity contribution in [3.8, 4) is 0 Å². The average Bonchev–Trinajstić information content (AvgIpc) is 1.94. The number of allylic oxidation sites excluding steroid dienone is 4. The summed E-state index contributed by atoms with van der Waals surface area (Å²) < 4.78 is 25.2. The van der Waals surface area contributed by atoms with Crippen LogP contribution in [0, 0.1) is 0 Å². The SMILES string of the molecule is CS(=O)(=O)/N=C1/C=CC(=O)C(Br)=C1. The zero-order valence-electron chi connectivity index (χ0n) is 6.69. The minimum atomic E-state index is -3.40. The summed E-state index contributed by atoms with van der Waals surface area (Å²) in [6.07, 6.45) is 4.97. The fraction of sp³-hybridized carbons (Fsp3) is 0.143. The van der Waals surface area contributed by atoms with Gasteiger partial charge in [0, 0.05) is 0 Å². The van der Waals surface area contributed by atoms with Gasteiger partial charge < -0.3 is 0 Å². The van der Waals surface area contributed by atoms with Crippen LogP contribution in [-0.2, 0) is 14.8 Å². The zero-order chi connectivity index (χ0) is 10.1. The van der Waals surface area contributed by atoms with Gasteiger partial charge in [-0.05, 0) is 34.2 Å². The maximum Gasteiger partial charge on any atom is 0.250 e. The van der Waals surface area contributed by atoms with Crippen LogP contribution in [0.5, 0.6) is 0 Å². The first-order valence-electron chi connectivity index (χ1n) is 3.28. The lowest BCUT2D eigenvalue weighted by molar-refractivity contribution is -0.110. The molecule has 0 fully saturated rings. The topological polar surface area (TPSA) is 63.6 Å². The normalized spacial score (nSPS) is 20.6. The lowest BCUT2D eigenvalue weighted by Gasteiger charge is -2.00. The number of hydrogen-bond acceptors (Lipinski definition) is 3. The minimum Gasteiger partial charge on any atom is -0.289 e. The molecule has 13 heavy (non-hydrogen) atoms. The van der Waals surface area contributed by atoms with Gasteiger partial charge in [-0.25, -0.2) is 8.42 Å². The van der Waals surface area contributed by atoms with E-state index in [2.05, 4.69) is 20.3 Å². The molecule has 1 rings (SSSR count). The zero-order valence-corrected chi connectivity index (χ0v) is 9.09. The predicted octanol–water partition coefficient (Wildman–Crippen LogP) is 0.805. The van der Waals surface area contributed by atoms with Crippen LogP contribution in [0.15, 0.2) is 27.1 Å². The Morgan fingerprint density at radius 2 is 2.00 bits per heavy atom. The molecule has 0 atom stereocenters. The molecule has 1 aliphatic carbocycles. The first-order valence-corrected chi connectivity index (χ1v) is 5.92. The molecule has 0 heterocycles. The van der Waals surface area contributed by atoms with Crippen molar-refractivity contribution in [2.45, 2.75) is 0 Å². The van der Waals surface area contributed by atoms with Crippen molar-refractivity contribution >= 4 is 37.4 Å². The van der Waals surface area contributed by atoms with Gasteiger partial charge in [-0.2, -0.15) is 4.40 Å². The van der Waals surface area contributed by atoms with E-state index < -0.39 is 10.0 Å². The Kier molecular flexibility index (Phi) is 2.82. The Morgan fingerprint density at radius 3 is 2.46 bits per heavy atom. The Bertz CT molecular complexity index is 431. The van der Waals surface area contributed by atoms with Gasteiger partial charge >= 0.3 is 0 Å². The van der Waals surface area contributed by atoms with Gasteiger partial charge in [-0.1, -0.05) is 0 Å². The third-order valence-corrected chi connectivity index (χ3v) is 2.35. The molecular formula is C7H6BrNO3S. The molecular weight excluding hydrogens is 258 g/mol.